The molecule has 6 nitrogen and oxygen atoms in total. The molecular weight excluding hydrogens is 617 g/mol. The Morgan fingerprint density at radius 1 is 0.420 bits per heavy atom. The van der Waals surface area contributed by atoms with Crippen molar-refractivity contribution in [2.75, 3.05) is 52.4 Å². The first-order valence-electron chi connectivity index (χ1n) is 21.9. The number of hydrogen-bond donors (Lipinski definition) is 2. The van der Waals surface area contributed by atoms with E-state index in [2.05, 4.69) is 58.6 Å². The Hall–Kier alpha value is -1.66. The number of amides is 2. The van der Waals surface area contributed by atoms with Crippen molar-refractivity contribution in [1.82, 2.24) is 20.4 Å². The van der Waals surface area contributed by atoms with E-state index in [1.807, 2.05) is 0 Å². The Kier molecular flexibility index (Phi) is 34.4. The summed E-state index contributed by atoms with van der Waals surface area (Å²) in [5, 5.41) is 6.26. The average Bonchev–Trinajstić information content (AvgIpc) is 3.12. The van der Waals surface area contributed by atoms with Crippen LogP contribution in [0.4, 0.5) is 0 Å². The van der Waals surface area contributed by atoms with Gasteiger partial charge in [0, 0.05) is 65.2 Å². The quantitative estimate of drug-likeness (QED) is 0.0504. The summed E-state index contributed by atoms with van der Waals surface area (Å²) >= 11 is 0. The number of hydrogen-bond acceptors (Lipinski definition) is 4. The van der Waals surface area contributed by atoms with Gasteiger partial charge in [0.05, 0.1) is 0 Å². The highest BCUT2D eigenvalue weighted by Crippen LogP contribution is 2.12. The molecule has 1 heterocycles. The number of carbonyl (C=O) groups is 2. The lowest BCUT2D eigenvalue weighted by atomic mass is 10.1. The van der Waals surface area contributed by atoms with Gasteiger partial charge in [-0.1, -0.05) is 141 Å². The minimum atomic E-state index is 0.207. The second kappa shape index (κ2) is 37.1. The molecule has 0 aliphatic carbocycles. The highest BCUT2D eigenvalue weighted by atomic mass is 16.2. The summed E-state index contributed by atoms with van der Waals surface area (Å²) in [6.45, 7) is 12.0. The van der Waals surface area contributed by atoms with Crippen LogP contribution in [0.5, 0.6) is 0 Å². The fraction of sp³-hybridized carbons (Fsp3) is 0.864. The van der Waals surface area contributed by atoms with Crippen molar-refractivity contribution in [2.24, 2.45) is 0 Å². The normalized spacial score (nSPS) is 14.3. The maximum atomic E-state index is 12.3. The van der Waals surface area contributed by atoms with Gasteiger partial charge in [0.1, 0.15) is 0 Å². The number of nitrogens with one attached hydrogen (secondary N) is 2. The second-order valence-electron chi connectivity index (χ2n) is 15.1. The lowest BCUT2D eigenvalue weighted by Gasteiger charge is -2.34. The van der Waals surface area contributed by atoms with E-state index in [-0.39, 0.29) is 11.8 Å². The molecule has 0 atom stereocenters. The fourth-order valence-corrected chi connectivity index (χ4v) is 6.83. The van der Waals surface area contributed by atoms with Gasteiger partial charge < -0.3 is 10.6 Å². The number of rotatable bonds is 36. The molecule has 6 heteroatoms. The second-order valence-corrected chi connectivity index (χ2v) is 15.1. The smallest absolute Gasteiger partial charge is 0.220 e. The molecule has 1 fully saturated rings. The van der Waals surface area contributed by atoms with Crippen molar-refractivity contribution in [1.29, 1.82) is 0 Å². The molecule has 1 aliphatic heterocycles. The summed E-state index contributed by atoms with van der Waals surface area (Å²) in [4.78, 5) is 29.4. The van der Waals surface area contributed by atoms with Gasteiger partial charge in [0.15, 0.2) is 0 Å². The van der Waals surface area contributed by atoms with Gasteiger partial charge in [-0.25, -0.2) is 0 Å². The van der Waals surface area contributed by atoms with Crippen LogP contribution in [0.2, 0.25) is 0 Å². The van der Waals surface area contributed by atoms with E-state index < -0.39 is 0 Å². The maximum absolute atomic E-state index is 12.3. The van der Waals surface area contributed by atoms with E-state index in [4.69, 9.17) is 0 Å². The molecule has 0 bridgehead atoms. The van der Waals surface area contributed by atoms with Crippen molar-refractivity contribution in [3.05, 3.63) is 24.3 Å². The van der Waals surface area contributed by atoms with Crippen LogP contribution in [-0.2, 0) is 9.59 Å². The SMILES string of the molecule is CCCCCCCC/C=C/CCCCCCCC(=O)NCCN1CCN(CCNC(=O)CCCCCCC/C=C/CCCCCCCC)CC1. The van der Waals surface area contributed by atoms with Gasteiger partial charge in [0.25, 0.3) is 0 Å². The highest BCUT2D eigenvalue weighted by molar-refractivity contribution is 5.76. The molecular formula is C44H84N4O2. The van der Waals surface area contributed by atoms with Crippen molar-refractivity contribution < 1.29 is 9.59 Å². The Labute approximate surface area is 311 Å². The fourth-order valence-electron chi connectivity index (χ4n) is 6.83. The number of allylic oxidation sites excluding steroid dienone is 4. The first-order chi connectivity index (χ1) is 24.7. The summed E-state index contributed by atoms with van der Waals surface area (Å²) in [7, 11) is 0. The van der Waals surface area contributed by atoms with Gasteiger partial charge >= 0.3 is 0 Å². The van der Waals surface area contributed by atoms with E-state index in [1.54, 1.807) is 0 Å². The van der Waals surface area contributed by atoms with Crippen LogP contribution in [0.15, 0.2) is 24.3 Å². The molecule has 0 saturated carbocycles. The zero-order valence-electron chi connectivity index (χ0n) is 33.5. The molecule has 0 aromatic rings. The summed E-state index contributed by atoms with van der Waals surface area (Å²) in [6, 6.07) is 0. The highest BCUT2D eigenvalue weighted by Gasteiger charge is 2.16. The molecule has 292 valence electrons. The van der Waals surface area contributed by atoms with E-state index in [1.165, 1.54) is 141 Å². The van der Waals surface area contributed by atoms with Crippen LogP contribution in [0.3, 0.4) is 0 Å². The minimum absolute atomic E-state index is 0.207. The number of carbonyl (C=O) groups excluding carboxylic acids is 2. The maximum Gasteiger partial charge on any atom is 0.220 e. The first kappa shape index (κ1) is 46.4. The van der Waals surface area contributed by atoms with Gasteiger partial charge in [-0.05, 0) is 64.2 Å². The molecule has 1 saturated heterocycles. The molecule has 1 aliphatic rings. The predicted octanol–water partition coefficient (Wildman–Crippen LogP) is 10.9. The zero-order valence-corrected chi connectivity index (χ0v) is 33.5. The van der Waals surface area contributed by atoms with Gasteiger partial charge in [0.2, 0.25) is 11.8 Å². The van der Waals surface area contributed by atoms with E-state index >= 15 is 0 Å². The standard InChI is InChI=1S/C44H84N4O2/c1-3-5-7-9-11-13-15-17-19-21-23-25-27-29-31-33-43(49)45-35-37-47-39-41-48(42-40-47)38-36-46-44(50)34-32-30-28-26-24-22-20-18-16-14-12-10-8-6-4-2/h17-20H,3-16,21-42H2,1-2H3,(H,45,49)(H,46,50)/b19-17+,20-18+. The molecule has 2 amide bonds. The van der Waals surface area contributed by atoms with E-state index in [9.17, 15) is 9.59 Å². The van der Waals surface area contributed by atoms with Crippen molar-refractivity contribution in [2.45, 2.75) is 194 Å². The van der Waals surface area contributed by atoms with Crippen LogP contribution in [0.25, 0.3) is 0 Å². The molecule has 1 rings (SSSR count). The Bertz CT molecular complexity index is 740. The minimum Gasteiger partial charge on any atom is -0.355 e. The topological polar surface area (TPSA) is 64.7 Å². The molecule has 0 aromatic heterocycles. The number of unbranched alkanes of at least 4 members (excludes halogenated alkanes) is 22. The van der Waals surface area contributed by atoms with Crippen LogP contribution < -0.4 is 10.6 Å². The average molecular weight is 701 g/mol. The molecule has 2 N–H and O–H groups in total. The summed E-state index contributed by atoms with van der Waals surface area (Å²) in [6.07, 6.45) is 44.2. The Morgan fingerprint density at radius 3 is 1.02 bits per heavy atom. The van der Waals surface area contributed by atoms with E-state index in [0.717, 1.165) is 78.0 Å². The third-order valence-electron chi connectivity index (χ3n) is 10.3. The first-order valence-corrected chi connectivity index (χ1v) is 21.9. The van der Waals surface area contributed by atoms with Gasteiger partial charge in [-0.2, -0.15) is 0 Å². The van der Waals surface area contributed by atoms with E-state index in [0.29, 0.717) is 12.8 Å². The summed E-state index contributed by atoms with van der Waals surface area (Å²) < 4.78 is 0. The van der Waals surface area contributed by atoms with Gasteiger partial charge in [-0.3, -0.25) is 19.4 Å². The molecule has 0 aromatic carbocycles. The summed E-state index contributed by atoms with van der Waals surface area (Å²) in [5.74, 6) is 0.414. The molecule has 50 heavy (non-hydrogen) atoms. The molecule has 0 spiro atoms. The number of nitrogens with zero attached hydrogens (tertiary/aromatic N) is 2. The third kappa shape index (κ3) is 32.3. The van der Waals surface area contributed by atoms with Crippen molar-refractivity contribution >= 4 is 11.8 Å². The lowest BCUT2D eigenvalue weighted by Crippen LogP contribution is -2.49. The monoisotopic (exact) mass is 701 g/mol. The van der Waals surface area contributed by atoms with Crippen molar-refractivity contribution in [3.63, 3.8) is 0 Å². The third-order valence-corrected chi connectivity index (χ3v) is 10.3. The van der Waals surface area contributed by atoms with Crippen molar-refractivity contribution in [3.8, 4) is 0 Å². The van der Waals surface area contributed by atoms with Crippen LogP contribution in [-0.4, -0.2) is 74.0 Å². The molecule has 0 radical (unpaired) electrons. The lowest BCUT2D eigenvalue weighted by molar-refractivity contribution is -0.122. The van der Waals surface area contributed by atoms with Crippen LogP contribution in [0, 0.1) is 0 Å². The summed E-state index contributed by atoms with van der Waals surface area (Å²) in [5.41, 5.74) is 0. The Balaban J connectivity index is 1.84. The Morgan fingerprint density at radius 2 is 0.700 bits per heavy atom. The van der Waals surface area contributed by atoms with Gasteiger partial charge in [-0.15, -0.1) is 0 Å². The molecule has 0 unspecified atom stereocenters. The van der Waals surface area contributed by atoms with Crippen LogP contribution >= 0.6 is 0 Å². The predicted molar refractivity (Wildman–Crippen MR) is 218 cm³/mol. The van der Waals surface area contributed by atoms with Crippen LogP contribution in [0.1, 0.15) is 194 Å². The number of piperazine rings is 1. The largest absolute Gasteiger partial charge is 0.355 e. The zero-order chi connectivity index (χ0) is 36.0.